The minimum Gasteiger partial charge on any atom is -0.497 e. The van der Waals surface area contributed by atoms with Gasteiger partial charge < -0.3 is 18.5 Å². The number of aromatic nitrogens is 4. The molecule has 0 N–H and O–H groups in total. The second-order valence-electron chi connectivity index (χ2n) is 7.70. The molecule has 1 aliphatic heterocycles. The van der Waals surface area contributed by atoms with Crippen LogP contribution in [0.25, 0.3) is 11.5 Å². The molecule has 8 heteroatoms. The number of fused-ring (bicyclic) bond motifs is 1. The van der Waals surface area contributed by atoms with Crippen LogP contribution in [0.15, 0.2) is 28.9 Å². The van der Waals surface area contributed by atoms with Gasteiger partial charge in [-0.1, -0.05) is 6.07 Å². The van der Waals surface area contributed by atoms with E-state index in [1.54, 1.807) is 20.5 Å². The largest absolute Gasteiger partial charge is 0.497 e. The number of rotatable bonds is 6. The summed E-state index contributed by atoms with van der Waals surface area (Å²) >= 11 is 0. The van der Waals surface area contributed by atoms with Crippen LogP contribution in [0.3, 0.4) is 0 Å². The molecule has 1 aliphatic carbocycles. The summed E-state index contributed by atoms with van der Waals surface area (Å²) in [4.78, 5) is 7.03. The van der Waals surface area contributed by atoms with Gasteiger partial charge in [-0.15, -0.1) is 10.2 Å². The number of hydrogen-bond donors (Lipinski definition) is 0. The average Bonchev–Trinajstić information content (AvgIpc) is 3.32. The molecule has 1 atom stereocenters. The van der Waals surface area contributed by atoms with Gasteiger partial charge in [0.25, 0.3) is 0 Å². The van der Waals surface area contributed by atoms with Gasteiger partial charge in [0.05, 0.1) is 20.3 Å². The van der Waals surface area contributed by atoms with Crippen LogP contribution in [0.5, 0.6) is 11.5 Å². The van der Waals surface area contributed by atoms with Crippen molar-refractivity contribution in [2.45, 2.75) is 44.8 Å². The first kappa shape index (κ1) is 18.2. The molecule has 3 heterocycles. The Labute approximate surface area is 169 Å². The topological polar surface area (TPSA) is 78.4 Å². The Bertz CT molecular complexity index is 1020. The molecule has 29 heavy (non-hydrogen) atoms. The van der Waals surface area contributed by atoms with Crippen molar-refractivity contribution in [1.29, 1.82) is 0 Å². The molecule has 152 valence electrons. The number of ether oxygens (including phenoxy) is 2. The van der Waals surface area contributed by atoms with Gasteiger partial charge in [-0.25, -0.2) is 4.98 Å². The molecule has 1 saturated carbocycles. The molecular formula is C21H25N5O3. The van der Waals surface area contributed by atoms with Gasteiger partial charge in [-0.2, -0.15) is 0 Å². The van der Waals surface area contributed by atoms with E-state index in [2.05, 4.69) is 37.6 Å². The first-order valence-corrected chi connectivity index (χ1v) is 10.0. The van der Waals surface area contributed by atoms with Crippen molar-refractivity contribution in [2.24, 2.45) is 0 Å². The number of methoxy groups -OCH3 is 2. The van der Waals surface area contributed by atoms with E-state index < -0.39 is 0 Å². The molecular weight excluding hydrogens is 370 g/mol. The maximum atomic E-state index is 5.65. The van der Waals surface area contributed by atoms with Gasteiger partial charge in [0.15, 0.2) is 17.5 Å². The smallest absolute Gasteiger partial charge is 0.197 e. The average molecular weight is 395 g/mol. The molecule has 0 amide bonds. The Hall–Kier alpha value is -2.87. The van der Waals surface area contributed by atoms with Crippen LogP contribution in [0.4, 0.5) is 0 Å². The van der Waals surface area contributed by atoms with E-state index >= 15 is 0 Å². The highest BCUT2D eigenvalue weighted by Crippen LogP contribution is 2.40. The van der Waals surface area contributed by atoms with Crippen LogP contribution in [0, 0.1) is 0 Å². The maximum Gasteiger partial charge on any atom is 0.197 e. The van der Waals surface area contributed by atoms with E-state index in [4.69, 9.17) is 13.9 Å². The van der Waals surface area contributed by atoms with Crippen LogP contribution in [0.2, 0.25) is 0 Å². The molecule has 0 bridgehead atoms. The predicted octanol–water partition coefficient (Wildman–Crippen LogP) is 3.40. The van der Waals surface area contributed by atoms with Crippen molar-refractivity contribution in [3.63, 3.8) is 0 Å². The maximum absolute atomic E-state index is 5.65. The third kappa shape index (κ3) is 3.27. The molecule has 1 fully saturated rings. The Balaban J connectivity index is 1.37. The second kappa shape index (κ2) is 7.18. The van der Waals surface area contributed by atoms with Crippen LogP contribution in [-0.4, -0.2) is 45.4 Å². The molecule has 5 rings (SSSR count). The van der Waals surface area contributed by atoms with Crippen molar-refractivity contribution in [1.82, 2.24) is 24.6 Å². The normalized spacial score (nSPS) is 19.2. The molecule has 2 aromatic heterocycles. The van der Waals surface area contributed by atoms with E-state index in [0.29, 0.717) is 5.92 Å². The SMILES string of the molecule is COc1ccc(CN2CCn3c(-c4coc(C5CC5)n4)nnc3[C@@H]2C)c(OC)c1. The van der Waals surface area contributed by atoms with Crippen LogP contribution in [0.1, 0.15) is 49.0 Å². The zero-order valence-corrected chi connectivity index (χ0v) is 17.0. The fourth-order valence-corrected chi connectivity index (χ4v) is 3.94. The quantitative estimate of drug-likeness (QED) is 0.633. The molecule has 0 saturated heterocycles. The van der Waals surface area contributed by atoms with Crippen molar-refractivity contribution in [3.8, 4) is 23.0 Å². The summed E-state index contributed by atoms with van der Waals surface area (Å²) in [7, 11) is 3.35. The summed E-state index contributed by atoms with van der Waals surface area (Å²) in [5, 5.41) is 8.92. The van der Waals surface area contributed by atoms with E-state index in [0.717, 1.165) is 59.9 Å². The molecule has 0 radical (unpaired) electrons. The van der Waals surface area contributed by atoms with Crippen molar-refractivity contribution in [2.75, 3.05) is 20.8 Å². The van der Waals surface area contributed by atoms with E-state index in [1.807, 2.05) is 12.1 Å². The zero-order valence-electron chi connectivity index (χ0n) is 17.0. The summed E-state index contributed by atoms with van der Waals surface area (Å²) in [5.74, 6) is 4.69. The van der Waals surface area contributed by atoms with E-state index in [9.17, 15) is 0 Å². The molecule has 0 spiro atoms. The van der Waals surface area contributed by atoms with Crippen LogP contribution in [-0.2, 0) is 13.1 Å². The highest BCUT2D eigenvalue weighted by Gasteiger charge is 2.32. The first-order chi connectivity index (χ1) is 14.2. The van der Waals surface area contributed by atoms with Gasteiger partial charge >= 0.3 is 0 Å². The Kier molecular flexibility index (Phi) is 4.50. The van der Waals surface area contributed by atoms with Crippen molar-refractivity contribution in [3.05, 3.63) is 41.7 Å². The molecule has 1 aromatic carbocycles. The standard InChI is InChI=1S/C21H25N5O3/c1-13-19-23-24-20(17-12-29-21(22-17)14-4-5-14)26(19)9-8-25(13)11-15-6-7-16(27-2)10-18(15)28-3/h6-7,10,12-14H,4-5,8-9,11H2,1-3H3/t13-/m0/s1. The lowest BCUT2D eigenvalue weighted by molar-refractivity contribution is 0.155. The Morgan fingerprint density at radius 1 is 1.14 bits per heavy atom. The lowest BCUT2D eigenvalue weighted by atomic mass is 10.1. The van der Waals surface area contributed by atoms with Crippen LogP contribution >= 0.6 is 0 Å². The first-order valence-electron chi connectivity index (χ1n) is 10.0. The van der Waals surface area contributed by atoms with Crippen molar-refractivity contribution >= 4 is 0 Å². The van der Waals surface area contributed by atoms with Crippen molar-refractivity contribution < 1.29 is 13.9 Å². The summed E-state index contributed by atoms with van der Waals surface area (Å²) in [6.45, 7) is 4.64. The highest BCUT2D eigenvalue weighted by atomic mass is 16.5. The summed E-state index contributed by atoms with van der Waals surface area (Å²) in [6.07, 6.45) is 4.04. The van der Waals surface area contributed by atoms with Gasteiger partial charge in [0.1, 0.15) is 23.5 Å². The lowest BCUT2D eigenvalue weighted by Crippen LogP contribution is -2.36. The highest BCUT2D eigenvalue weighted by molar-refractivity contribution is 5.48. The van der Waals surface area contributed by atoms with E-state index in [-0.39, 0.29) is 6.04 Å². The lowest BCUT2D eigenvalue weighted by Gasteiger charge is -2.33. The molecule has 0 unspecified atom stereocenters. The number of oxazole rings is 1. The summed E-state index contributed by atoms with van der Waals surface area (Å²) < 4.78 is 18.7. The molecule has 8 nitrogen and oxygen atoms in total. The minimum absolute atomic E-state index is 0.131. The number of nitrogens with zero attached hydrogens (tertiary/aromatic N) is 5. The number of hydrogen-bond acceptors (Lipinski definition) is 7. The second-order valence-corrected chi connectivity index (χ2v) is 7.70. The fourth-order valence-electron chi connectivity index (χ4n) is 3.94. The molecule has 3 aromatic rings. The summed E-state index contributed by atoms with van der Waals surface area (Å²) in [5.41, 5.74) is 1.90. The van der Waals surface area contributed by atoms with E-state index in [1.165, 1.54) is 12.8 Å². The zero-order chi connectivity index (χ0) is 20.0. The fraction of sp³-hybridized carbons (Fsp3) is 0.476. The predicted molar refractivity (Wildman–Crippen MR) is 106 cm³/mol. The Morgan fingerprint density at radius 2 is 2.00 bits per heavy atom. The third-order valence-electron chi connectivity index (χ3n) is 5.86. The van der Waals surface area contributed by atoms with Gasteiger partial charge in [0.2, 0.25) is 0 Å². The van der Waals surface area contributed by atoms with Crippen LogP contribution < -0.4 is 9.47 Å². The molecule has 2 aliphatic rings. The number of benzene rings is 1. The van der Waals surface area contributed by atoms with Gasteiger partial charge in [-0.05, 0) is 25.8 Å². The monoisotopic (exact) mass is 395 g/mol. The summed E-state index contributed by atoms with van der Waals surface area (Å²) in [6, 6.07) is 6.08. The Morgan fingerprint density at radius 3 is 2.76 bits per heavy atom. The van der Waals surface area contributed by atoms with Gasteiger partial charge in [0, 0.05) is 37.2 Å². The van der Waals surface area contributed by atoms with Gasteiger partial charge in [-0.3, -0.25) is 4.90 Å². The third-order valence-corrected chi connectivity index (χ3v) is 5.86. The minimum atomic E-state index is 0.131.